The van der Waals surface area contributed by atoms with Crippen LogP contribution in [-0.4, -0.2) is 60.6 Å². The zero-order valence-corrected chi connectivity index (χ0v) is 24.4. The number of imidazole rings is 1. The largest absolute Gasteiger partial charge is 0.352 e. The molecule has 1 aliphatic rings. The van der Waals surface area contributed by atoms with Gasteiger partial charge in [0.25, 0.3) is 5.91 Å². The molecule has 0 bridgehead atoms. The van der Waals surface area contributed by atoms with Crippen LogP contribution in [0.3, 0.4) is 0 Å². The van der Waals surface area contributed by atoms with E-state index in [1.54, 1.807) is 18.5 Å². The van der Waals surface area contributed by atoms with Gasteiger partial charge in [-0.3, -0.25) is 14.0 Å². The molecule has 1 N–H and O–H groups in total. The molecule has 3 aromatic rings. The lowest BCUT2D eigenvalue weighted by atomic mass is 9.99. The van der Waals surface area contributed by atoms with Crippen LogP contribution in [0.4, 0.5) is 5.82 Å². The summed E-state index contributed by atoms with van der Waals surface area (Å²) in [7, 11) is -1.05. The molecule has 11 heteroatoms. The molecule has 0 spiro atoms. The molecule has 39 heavy (non-hydrogen) atoms. The van der Waals surface area contributed by atoms with Crippen LogP contribution in [-0.2, 0) is 9.26 Å². The topological polar surface area (TPSA) is 118 Å². The molecular formula is C28H38N7O3P. The van der Waals surface area contributed by atoms with Crippen molar-refractivity contribution in [2.24, 2.45) is 5.92 Å². The fourth-order valence-corrected chi connectivity index (χ4v) is 7.55. The second-order valence-corrected chi connectivity index (χ2v) is 12.1. The number of benzene rings is 1. The van der Waals surface area contributed by atoms with Crippen molar-refractivity contribution in [1.29, 1.82) is 5.26 Å². The van der Waals surface area contributed by atoms with Gasteiger partial charge < -0.3 is 14.6 Å². The van der Waals surface area contributed by atoms with E-state index in [-0.39, 0.29) is 36.1 Å². The average molecular weight is 552 g/mol. The van der Waals surface area contributed by atoms with Gasteiger partial charge in [0, 0.05) is 36.1 Å². The summed E-state index contributed by atoms with van der Waals surface area (Å²) in [6, 6.07) is 11.8. The first-order valence-electron chi connectivity index (χ1n) is 13.6. The number of carbonyl (C=O) groups is 1. The summed E-state index contributed by atoms with van der Waals surface area (Å²) in [6.07, 6.45) is 4.30. The van der Waals surface area contributed by atoms with Gasteiger partial charge in [0.1, 0.15) is 20.7 Å². The second-order valence-electron chi connectivity index (χ2n) is 10.3. The monoisotopic (exact) mass is 551 g/mol. The maximum atomic E-state index is 12.8. The van der Waals surface area contributed by atoms with E-state index in [4.69, 9.17) is 9.26 Å². The number of hydrogen-bond donors (Lipinski definition) is 1. The van der Waals surface area contributed by atoms with Crippen LogP contribution in [0.2, 0.25) is 0 Å². The van der Waals surface area contributed by atoms with E-state index in [1.165, 1.54) is 6.33 Å². The summed E-state index contributed by atoms with van der Waals surface area (Å²) in [5.41, 5.74) is 1.57. The van der Waals surface area contributed by atoms with Crippen molar-refractivity contribution in [3.8, 4) is 6.07 Å². The van der Waals surface area contributed by atoms with Crippen LogP contribution in [0.5, 0.6) is 0 Å². The highest BCUT2D eigenvalue weighted by Crippen LogP contribution is 2.51. The Balaban J connectivity index is 1.67. The number of rotatable bonds is 11. The number of carbonyl (C=O) groups excluding carboxylic acids is 1. The van der Waals surface area contributed by atoms with Gasteiger partial charge in [0.2, 0.25) is 0 Å². The molecular weight excluding hydrogens is 513 g/mol. The average Bonchev–Trinajstić information content (AvgIpc) is 3.48. The molecule has 1 fully saturated rings. The maximum Gasteiger partial charge on any atom is 0.256 e. The van der Waals surface area contributed by atoms with Gasteiger partial charge in [0.05, 0.1) is 18.5 Å². The van der Waals surface area contributed by atoms with Gasteiger partial charge in [-0.05, 0) is 46.2 Å². The van der Waals surface area contributed by atoms with Crippen LogP contribution >= 0.6 is 8.30 Å². The Morgan fingerprint density at radius 3 is 2.56 bits per heavy atom. The second kappa shape index (κ2) is 12.9. The molecule has 4 rings (SSSR count). The molecule has 3 heterocycles. The van der Waals surface area contributed by atoms with Crippen LogP contribution in [0, 0.1) is 17.2 Å². The number of nitrogens with one attached hydrogen (secondary N) is 1. The molecule has 0 aliphatic carbocycles. The molecule has 10 nitrogen and oxygen atoms in total. The summed E-state index contributed by atoms with van der Waals surface area (Å²) in [5, 5.41) is 12.2. The van der Waals surface area contributed by atoms with Crippen molar-refractivity contribution >= 4 is 31.2 Å². The lowest BCUT2D eigenvalue weighted by Crippen LogP contribution is -2.36. The molecule has 1 saturated heterocycles. The fourth-order valence-electron chi connectivity index (χ4n) is 5.21. The first-order valence-corrected chi connectivity index (χ1v) is 14.9. The Labute approximate surface area is 231 Å². The highest BCUT2D eigenvalue weighted by atomic mass is 31.2. The number of fused-ring (bicyclic) bond motifs is 1. The van der Waals surface area contributed by atoms with Crippen LogP contribution in [0.25, 0.3) is 11.2 Å². The van der Waals surface area contributed by atoms with Crippen molar-refractivity contribution < 1.29 is 14.1 Å². The summed E-state index contributed by atoms with van der Waals surface area (Å²) >= 11 is 0. The molecule has 1 amide bonds. The van der Waals surface area contributed by atoms with Gasteiger partial charge in [-0.15, -0.1) is 0 Å². The number of hydrogen-bond acceptors (Lipinski definition) is 8. The van der Waals surface area contributed by atoms with Crippen molar-refractivity contribution in [1.82, 2.24) is 24.2 Å². The first-order chi connectivity index (χ1) is 18.8. The van der Waals surface area contributed by atoms with E-state index >= 15 is 0 Å². The minimum absolute atomic E-state index is 0.00379. The Kier molecular flexibility index (Phi) is 9.62. The molecule has 1 aliphatic heterocycles. The van der Waals surface area contributed by atoms with Crippen LogP contribution < -0.4 is 5.32 Å². The smallest absolute Gasteiger partial charge is 0.256 e. The Hall–Kier alpha value is -2.96. The number of amides is 1. The third-order valence-corrected chi connectivity index (χ3v) is 9.51. The lowest BCUT2D eigenvalue weighted by Gasteiger charge is -2.39. The van der Waals surface area contributed by atoms with Gasteiger partial charge in [0.15, 0.2) is 23.2 Å². The highest BCUT2D eigenvalue weighted by molar-refractivity contribution is 7.50. The van der Waals surface area contributed by atoms with E-state index in [1.807, 2.05) is 22.8 Å². The quantitative estimate of drug-likeness (QED) is 0.299. The van der Waals surface area contributed by atoms with Crippen molar-refractivity contribution in [2.75, 3.05) is 11.5 Å². The van der Waals surface area contributed by atoms with Gasteiger partial charge in [-0.1, -0.05) is 32.0 Å². The minimum Gasteiger partial charge on any atom is -0.352 e. The third-order valence-electron chi connectivity index (χ3n) is 6.98. The lowest BCUT2D eigenvalue weighted by molar-refractivity contribution is -0.0289. The molecule has 1 unspecified atom stereocenters. The van der Waals surface area contributed by atoms with E-state index in [2.05, 4.69) is 72.6 Å². The molecule has 2 aromatic heterocycles. The van der Waals surface area contributed by atoms with Gasteiger partial charge in [-0.2, -0.15) is 5.26 Å². The number of nitrogens with zero attached hydrogens (tertiary/aromatic N) is 6. The van der Waals surface area contributed by atoms with Crippen molar-refractivity contribution in [3.05, 3.63) is 48.5 Å². The highest BCUT2D eigenvalue weighted by Gasteiger charge is 2.46. The van der Waals surface area contributed by atoms with E-state index in [0.29, 0.717) is 35.1 Å². The predicted octanol–water partition coefficient (Wildman–Crippen LogP) is 5.75. The third kappa shape index (κ3) is 6.28. The zero-order valence-electron chi connectivity index (χ0n) is 23.5. The number of nitriles is 1. The summed E-state index contributed by atoms with van der Waals surface area (Å²) in [4.78, 5) is 26.2. The fraction of sp³-hybridized carbons (Fsp3) is 0.536. The van der Waals surface area contributed by atoms with E-state index in [0.717, 1.165) is 6.42 Å². The van der Waals surface area contributed by atoms with Gasteiger partial charge >= 0.3 is 0 Å². The summed E-state index contributed by atoms with van der Waals surface area (Å²) in [5.74, 6) is 0.184. The minimum atomic E-state index is -1.05. The van der Waals surface area contributed by atoms with Crippen LogP contribution in [0.1, 0.15) is 71.0 Å². The van der Waals surface area contributed by atoms with E-state index in [9.17, 15) is 10.1 Å². The molecule has 208 valence electrons. The standard InChI is InChI=1S/C28H38N7O3P/c1-7-22-20(6)24(38-39(15-11-14-29)35(18(2)3)19(4)5)28(37-22)34-17-32-23-25(30-16-31-26(23)34)33-27(36)21-12-9-8-10-13-21/h8-10,12-13,16-20,22,24,28H,7,11,15H2,1-6H3,(H,30,31,33,36)/t20-,22-,24-,28-,39?/m1/s1. The Morgan fingerprint density at radius 2 is 1.92 bits per heavy atom. The SMILES string of the molecule is CC[C@H]1O[C@@H](n2cnc3c(NC(=O)c4ccccc4)ncnc32)[C@H](OP(CCC#N)N(C(C)C)C(C)C)[C@@H]1C. The summed E-state index contributed by atoms with van der Waals surface area (Å²) < 4.78 is 17.8. The number of anilines is 1. The molecule has 0 radical (unpaired) electrons. The number of aromatic nitrogens is 4. The maximum absolute atomic E-state index is 12.8. The predicted molar refractivity (Wildman–Crippen MR) is 152 cm³/mol. The van der Waals surface area contributed by atoms with Gasteiger partial charge in [-0.25, -0.2) is 15.0 Å². The zero-order chi connectivity index (χ0) is 28.1. The van der Waals surface area contributed by atoms with Crippen molar-refractivity contribution in [3.63, 3.8) is 0 Å². The van der Waals surface area contributed by atoms with Crippen LogP contribution in [0.15, 0.2) is 43.0 Å². The van der Waals surface area contributed by atoms with E-state index < -0.39 is 14.5 Å². The van der Waals surface area contributed by atoms with Crippen molar-refractivity contribution in [2.45, 2.75) is 84.9 Å². The summed E-state index contributed by atoms with van der Waals surface area (Å²) in [6.45, 7) is 12.9. The Morgan fingerprint density at radius 1 is 1.21 bits per heavy atom. The normalized spacial score (nSPS) is 22.1. The molecule has 0 saturated carbocycles. The first kappa shape index (κ1) is 29.0. The Bertz CT molecular complexity index is 1290. The molecule has 1 aromatic carbocycles. The molecule has 5 atom stereocenters. The number of ether oxygens (including phenoxy) is 1.